The number of halogens is 2. The topological polar surface area (TPSA) is 121 Å². The van der Waals surface area contributed by atoms with Gasteiger partial charge in [0, 0.05) is 25.1 Å². The van der Waals surface area contributed by atoms with Gasteiger partial charge in [-0.2, -0.15) is 0 Å². The first-order valence-corrected chi connectivity index (χ1v) is 9.31. The number of nitrogens with zero attached hydrogens (tertiary/aromatic N) is 3. The molecule has 2 atom stereocenters. The molecule has 1 saturated heterocycles. The Bertz CT molecular complexity index is 1050. The molecule has 1 aromatic carbocycles. The van der Waals surface area contributed by atoms with Crippen molar-refractivity contribution in [2.75, 3.05) is 30.5 Å². The number of anilines is 2. The molecular weight excluding hydrogens is 416 g/mol. The highest BCUT2D eigenvalue weighted by Crippen LogP contribution is 2.37. The Labute approximate surface area is 175 Å². The summed E-state index contributed by atoms with van der Waals surface area (Å²) in [5.41, 5.74) is 6.40. The van der Waals surface area contributed by atoms with E-state index in [1.165, 1.54) is 7.11 Å². The van der Waals surface area contributed by atoms with E-state index in [1.54, 1.807) is 34.9 Å². The first-order valence-electron chi connectivity index (χ1n) is 9.31. The third-order valence-corrected chi connectivity index (χ3v) is 4.93. The number of alkyl halides is 2. The number of hydrogen-bond donors (Lipinski definition) is 2. The van der Waals surface area contributed by atoms with E-state index in [4.69, 9.17) is 19.9 Å². The van der Waals surface area contributed by atoms with E-state index in [1.807, 2.05) is 0 Å². The molecule has 164 valence electrons. The van der Waals surface area contributed by atoms with E-state index in [0.29, 0.717) is 29.4 Å². The van der Waals surface area contributed by atoms with Gasteiger partial charge in [0.2, 0.25) is 6.23 Å². The first-order chi connectivity index (χ1) is 14.9. The van der Waals surface area contributed by atoms with E-state index < -0.39 is 24.6 Å². The van der Waals surface area contributed by atoms with Crippen LogP contribution >= 0.6 is 0 Å². The van der Waals surface area contributed by atoms with Crippen LogP contribution < -0.4 is 20.7 Å². The standard InChI is InChI=1S/C19H19F2N5O5/c1-29-19(17(22)28)23-10-2-3-11-13(6-10)30-5-4-25-7-14(24-18(11)25)26-12(16(20)21)9-31-15(26)8-27/h2-3,6-7,12,16,19,23H,4-5,9H2,1H3,(H2,22,28)/t12-,19-/m0/s1. The zero-order valence-electron chi connectivity index (χ0n) is 16.4. The minimum absolute atomic E-state index is 0.152. The lowest BCUT2D eigenvalue weighted by atomic mass is 10.1. The fourth-order valence-electron chi connectivity index (χ4n) is 3.47. The molecule has 0 spiro atoms. The van der Waals surface area contributed by atoms with Crippen molar-refractivity contribution in [3.8, 4) is 17.1 Å². The maximum atomic E-state index is 13.4. The third kappa shape index (κ3) is 3.78. The molecular formula is C19H19F2N5O5. The maximum Gasteiger partial charge on any atom is 0.284 e. The van der Waals surface area contributed by atoms with Gasteiger partial charge in [0.25, 0.3) is 18.2 Å². The summed E-state index contributed by atoms with van der Waals surface area (Å²) in [7, 11) is 1.34. The normalized spacial score (nSPS) is 18.4. The Hall–Kier alpha value is -3.63. The van der Waals surface area contributed by atoms with Crippen molar-refractivity contribution in [2.24, 2.45) is 5.73 Å². The number of rotatable bonds is 6. The van der Waals surface area contributed by atoms with Crippen molar-refractivity contribution in [1.29, 1.82) is 0 Å². The van der Waals surface area contributed by atoms with Crippen LogP contribution in [0, 0.1) is 0 Å². The average molecular weight is 435 g/mol. The lowest BCUT2D eigenvalue weighted by molar-refractivity contribution is -0.126. The van der Waals surface area contributed by atoms with Crippen LogP contribution in [0.1, 0.15) is 0 Å². The number of benzene rings is 1. The number of methoxy groups -OCH3 is 1. The number of fused-ring (bicyclic) bond motifs is 3. The Morgan fingerprint density at radius 1 is 1.42 bits per heavy atom. The molecule has 4 rings (SSSR count). The average Bonchev–Trinajstić information content (AvgIpc) is 3.32. The monoisotopic (exact) mass is 435 g/mol. The number of imidazole rings is 1. The summed E-state index contributed by atoms with van der Waals surface area (Å²) in [5.74, 6) is 1.64. The molecule has 0 unspecified atom stereocenters. The minimum atomic E-state index is -2.74. The molecule has 0 radical (unpaired) electrons. The molecule has 2 aromatic rings. The van der Waals surface area contributed by atoms with Crippen molar-refractivity contribution >= 4 is 23.4 Å². The molecule has 2 aliphatic heterocycles. The van der Waals surface area contributed by atoms with Gasteiger partial charge in [-0.3, -0.25) is 9.69 Å². The lowest BCUT2D eigenvalue weighted by Crippen LogP contribution is -2.36. The van der Waals surface area contributed by atoms with Gasteiger partial charge in [-0.1, -0.05) is 0 Å². The van der Waals surface area contributed by atoms with Crippen LogP contribution in [-0.2, 0) is 25.6 Å². The predicted molar refractivity (Wildman–Crippen MR) is 104 cm³/mol. The highest BCUT2D eigenvalue weighted by molar-refractivity contribution is 5.82. The number of primary amides is 1. The van der Waals surface area contributed by atoms with E-state index in [-0.39, 0.29) is 24.9 Å². The highest BCUT2D eigenvalue weighted by Gasteiger charge is 2.40. The number of hydrogen-bond acceptors (Lipinski definition) is 8. The molecule has 2 aliphatic rings. The van der Waals surface area contributed by atoms with Crippen LogP contribution in [0.2, 0.25) is 0 Å². The van der Waals surface area contributed by atoms with Crippen molar-refractivity contribution in [2.45, 2.75) is 25.2 Å². The van der Waals surface area contributed by atoms with Crippen LogP contribution in [0.15, 0.2) is 30.3 Å². The molecule has 0 bridgehead atoms. The molecule has 1 amide bonds. The summed E-state index contributed by atoms with van der Waals surface area (Å²) < 4.78 is 44.5. The van der Waals surface area contributed by atoms with Gasteiger partial charge in [-0.15, -0.1) is 0 Å². The van der Waals surface area contributed by atoms with Crippen LogP contribution in [0.5, 0.6) is 5.75 Å². The Kier molecular flexibility index (Phi) is 5.49. The number of aromatic nitrogens is 2. The van der Waals surface area contributed by atoms with Gasteiger partial charge in [0.15, 0.2) is 11.8 Å². The summed E-state index contributed by atoms with van der Waals surface area (Å²) in [4.78, 5) is 28.1. The van der Waals surface area contributed by atoms with Gasteiger partial charge in [0.05, 0.1) is 12.1 Å². The largest absolute Gasteiger partial charge is 0.491 e. The number of amides is 1. The maximum absolute atomic E-state index is 13.4. The summed E-state index contributed by atoms with van der Waals surface area (Å²) in [6.07, 6.45) is -2.20. The molecule has 1 aromatic heterocycles. The molecule has 0 saturated carbocycles. The number of nitrogens with two attached hydrogens (primary N) is 1. The minimum Gasteiger partial charge on any atom is -0.491 e. The summed E-state index contributed by atoms with van der Waals surface area (Å²) in [6.45, 7) is 0.351. The molecule has 12 heteroatoms. The van der Waals surface area contributed by atoms with Crippen LogP contribution in [0.3, 0.4) is 0 Å². The molecule has 3 N–H and O–H groups in total. The third-order valence-electron chi connectivity index (χ3n) is 4.93. The summed E-state index contributed by atoms with van der Waals surface area (Å²) in [5, 5.41) is 2.85. The summed E-state index contributed by atoms with van der Waals surface area (Å²) in [6, 6.07) is 3.71. The number of ether oxygens (including phenoxy) is 3. The van der Waals surface area contributed by atoms with Gasteiger partial charge < -0.3 is 29.8 Å². The molecule has 0 aliphatic carbocycles. The molecule has 1 fully saturated rings. The van der Waals surface area contributed by atoms with E-state index in [2.05, 4.69) is 10.3 Å². The van der Waals surface area contributed by atoms with Gasteiger partial charge in [-0.05, 0) is 12.1 Å². The molecule has 10 nitrogen and oxygen atoms in total. The van der Waals surface area contributed by atoms with Crippen molar-refractivity contribution in [1.82, 2.24) is 9.55 Å². The Balaban J connectivity index is 1.70. The van der Waals surface area contributed by atoms with Crippen LogP contribution in [-0.4, -0.2) is 60.4 Å². The second kappa shape index (κ2) is 8.25. The van der Waals surface area contributed by atoms with E-state index in [9.17, 15) is 18.4 Å². The van der Waals surface area contributed by atoms with E-state index in [0.717, 1.165) is 4.90 Å². The second-order valence-corrected chi connectivity index (χ2v) is 6.83. The lowest BCUT2D eigenvalue weighted by Gasteiger charge is -2.19. The summed E-state index contributed by atoms with van der Waals surface area (Å²) >= 11 is 0. The van der Waals surface area contributed by atoms with Gasteiger partial charge >= 0.3 is 0 Å². The van der Waals surface area contributed by atoms with Crippen molar-refractivity contribution in [3.63, 3.8) is 0 Å². The number of carbonyl (C=O) groups excluding carboxylic acids is 2. The predicted octanol–water partition coefficient (Wildman–Crippen LogP) is 0.955. The first kappa shape index (κ1) is 20.6. The molecule has 31 heavy (non-hydrogen) atoms. The Morgan fingerprint density at radius 2 is 2.23 bits per heavy atom. The fourth-order valence-corrected chi connectivity index (χ4v) is 3.47. The van der Waals surface area contributed by atoms with Gasteiger partial charge in [-0.25, -0.2) is 18.6 Å². The van der Waals surface area contributed by atoms with Crippen molar-refractivity contribution < 1.29 is 32.6 Å². The van der Waals surface area contributed by atoms with E-state index >= 15 is 0 Å². The quantitative estimate of drug-likeness (QED) is 0.508. The fraction of sp³-hybridized carbons (Fsp3) is 0.368. The Morgan fingerprint density at radius 3 is 2.90 bits per heavy atom. The van der Waals surface area contributed by atoms with Crippen molar-refractivity contribution in [3.05, 3.63) is 30.3 Å². The smallest absolute Gasteiger partial charge is 0.284 e. The zero-order valence-corrected chi connectivity index (χ0v) is 16.4. The zero-order chi connectivity index (χ0) is 22.1. The van der Waals surface area contributed by atoms with Gasteiger partial charge in [0.1, 0.15) is 30.8 Å². The number of nitrogens with one attached hydrogen (secondary N) is 1. The van der Waals surface area contributed by atoms with Crippen LogP contribution in [0.4, 0.5) is 20.3 Å². The SMILES string of the molecule is CO[C@H](Nc1ccc2c(c1)OCCn1cc(N3C(=C=O)OC[C@H]3C(F)F)nc1-2)C(N)=O. The highest BCUT2D eigenvalue weighted by atomic mass is 19.3. The van der Waals surface area contributed by atoms with Crippen LogP contribution in [0.25, 0.3) is 11.4 Å². The molecule has 3 heterocycles. The number of carbonyl (C=O) groups is 1. The second-order valence-electron chi connectivity index (χ2n) is 6.83.